The van der Waals surface area contributed by atoms with E-state index in [0.717, 1.165) is 6.54 Å². The summed E-state index contributed by atoms with van der Waals surface area (Å²) in [6.45, 7) is 0.838. The smallest absolute Gasteiger partial charge is 0.0644 e. The minimum absolute atomic E-state index is 0.838. The highest BCUT2D eigenvalue weighted by atomic mass is 15.0. The molecular formula is C22H23N3. The molecule has 1 aromatic heterocycles. The molecule has 25 heavy (non-hydrogen) atoms. The third kappa shape index (κ3) is 2.48. The maximum absolute atomic E-state index is 3.37. The lowest BCUT2D eigenvalue weighted by atomic mass is 9.97. The van der Waals surface area contributed by atoms with E-state index in [0.29, 0.717) is 0 Å². The highest BCUT2D eigenvalue weighted by Gasteiger charge is 2.14. The van der Waals surface area contributed by atoms with Gasteiger partial charge in [0.2, 0.25) is 0 Å². The number of anilines is 1. The van der Waals surface area contributed by atoms with Crippen molar-refractivity contribution < 1.29 is 0 Å². The second-order valence-electron chi connectivity index (χ2n) is 6.42. The summed E-state index contributed by atoms with van der Waals surface area (Å²) in [6, 6.07) is 21.9. The van der Waals surface area contributed by atoms with Crippen molar-refractivity contribution in [2.24, 2.45) is 7.05 Å². The first kappa shape index (κ1) is 15.7. The molecule has 3 aromatic carbocycles. The van der Waals surface area contributed by atoms with Crippen molar-refractivity contribution in [3.63, 3.8) is 0 Å². The SMILES string of the molecule is CNCc1c(NC)c2ccc(-c3cccc4ccccc34)cc2n1C. The normalized spacial score (nSPS) is 11.3. The van der Waals surface area contributed by atoms with Gasteiger partial charge < -0.3 is 15.2 Å². The number of hydrogen-bond donors (Lipinski definition) is 2. The zero-order valence-electron chi connectivity index (χ0n) is 14.9. The number of nitrogens with zero attached hydrogens (tertiary/aromatic N) is 1. The van der Waals surface area contributed by atoms with Crippen LogP contribution in [0.2, 0.25) is 0 Å². The van der Waals surface area contributed by atoms with E-state index in [1.54, 1.807) is 0 Å². The van der Waals surface area contributed by atoms with E-state index in [1.807, 2.05) is 14.1 Å². The van der Waals surface area contributed by atoms with Crippen LogP contribution in [-0.2, 0) is 13.6 Å². The van der Waals surface area contributed by atoms with Gasteiger partial charge >= 0.3 is 0 Å². The Morgan fingerprint density at radius 2 is 1.68 bits per heavy atom. The van der Waals surface area contributed by atoms with Crippen LogP contribution in [-0.4, -0.2) is 18.7 Å². The predicted octanol–water partition coefficient (Wildman–Crippen LogP) is 4.76. The molecule has 0 saturated carbocycles. The lowest BCUT2D eigenvalue weighted by Crippen LogP contribution is -2.10. The van der Waals surface area contributed by atoms with Gasteiger partial charge in [-0.2, -0.15) is 0 Å². The molecule has 0 radical (unpaired) electrons. The van der Waals surface area contributed by atoms with Crippen molar-refractivity contribution >= 4 is 27.4 Å². The summed E-state index contributed by atoms with van der Waals surface area (Å²) in [5.74, 6) is 0. The molecule has 0 saturated heterocycles. The quantitative estimate of drug-likeness (QED) is 0.565. The van der Waals surface area contributed by atoms with Gasteiger partial charge in [-0.05, 0) is 35.0 Å². The fourth-order valence-electron chi connectivity index (χ4n) is 3.79. The minimum Gasteiger partial charge on any atom is -0.386 e. The Balaban J connectivity index is 1.96. The van der Waals surface area contributed by atoms with Gasteiger partial charge in [-0.1, -0.05) is 54.6 Å². The largest absolute Gasteiger partial charge is 0.386 e. The fraction of sp³-hybridized carbons (Fsp3) is 0.182. The van der Waals surface area contributed by atoms with Gasteiger partial charge in [-0.25, -0.2) is 0 Å². The third-order valence-corrected chi connectivity index (χ3v) is 5.02. The Morgan fingerprint density at radius 3 is 2.48 bits per heavy atom. The number of hydrogen-bond acceptors (Lipinski definition) is 2. The van der Waals surface area contributed by atoms with Crippen LogP contribution < -0.4 is 10.6 Å². The van der Waals surface area contributed by atoms with E-state index in [2.05, 4.69) is 82.9 Å². The molecule has 3 nitrogen and oxygen atoms in total. The lowest BCUT2D eigenvalue weighted by Gasteiger charge is -2.08. The lowest BCUT2D eigenvalue weighted by molar-refractivity contribution is 0.747. The molecule has 4 rings (SSSR count). The van der Waals surface area contributed by atoms with Gasteiger partial charge in [0.05, 0.1) is 16.9 Å². The van der Waals surface area contributed by atoms with Crippen LogP contribution in [0, 0.1) is 0 Å². The van der Waals surface area contributed by atoms with E-state index in [1.165, 1.54) is 44.2 Å². The summed E-state index contributed by atoms with van der Waals surface area (Å²) >= 11 is 0. The molecule has 0 aliphatic heterocycles. The van der Waals surface area contributed by atoms with Crippen LogP contribution in [0.25, 0.3) is 32.8 Å². The first-order chi connectivity index (χ1) is 12.2. The van der Waals surface area contributed by atoms with Crippen molar-refractivity contribution in [3.05, 3.63) is 66.4 Å². The zero-order chi connectivity index (χ0) is 17.4. The molecule has 0 spiro atoms. The van der Waals surface area contributed by atoms with Crippen molar-refractivity contribution in [2.75, 3.05) is 19.4 Å². The van der Waals surface area contributed by atoms with Gasteiger partial charge in [-0.3, -0.25) is 0 Å². The Hall–Kier alpha value is -2.78. The summed E-state index contributed by atoms with van der Waals surface area (Å²) < 4.78 is 2.28. The molecule has 1 heterocycles. The molecule has 2 N–H and O–H groups in total. The van der Waals surface area contributed by atoms with Crippen LogP contribution in [0.4, 0.5) is 5.69 Å². The van der Waals surface area contributed by atoms with Gasteiger partial charge in [0.15, 0.2) is 0 Å². The topological polar surface area (TPSA) is 29.0 Å². The molecule has 0 aliphatic rings. The molecule has 0 aliphatic carbocycles. The summed E-state index contributed by atoms with van der Waals surface area (Å²) in [6.07, 6.45) is 0. The molecule has 0 bridgehead atoms. The van der Waals surface area contributed by atoms with E-state index < -0.39 is 0 Å². The average molecular weight is 329 g/mol. The van der Waals surface area contributed by atoms with Crippen LogP contribution in [0.1, 0.15) is 5.69 Å². The minimum atomic E-state index is 0.838. The predicted molar refractivity (Wildman–Crippen MR) is 108 cm³/mol. The Labute approximate surface area is 148 Å². The van der Waals surface area contributed by atoms with Gasteiger partial charge in [0.1, 0.15) is 0 Å². The molecule has 0 fully saturated rings. The van der Waals surface area contributed by atoms with Crippen LogP contribution in [0.3, 0.4) is 0 Å². The maximum Gasteiger partial charge on any atom is 0.0644 e. The van der Waals surface area contributed by atoms with Crippen LogP contribution >= 0.6 is 0 Å². The summed E-state index contributed by atoms with van der Waals surface area (Å²) in [5.41, 5.74) is 6.26. The molecule has 0 amide bonds. The molecule has 3 heteroatoms. The highest BCUT2D eigenvalue weighted by molar-refractivity contribution is 6.01. The Morgan fingerprint density at radius 1 is 0.880 bits per heavy atom. The maximum atomic E-state index is 3.37. The number of benzene rings is 3. The van der Waals surface area contributed by atoms with Crippen LogP contribution in [0.5, 0.6) is 0 Å². The number of aryl methyl sites for hydroxylation is 1. The van der Waals surface area contributed by atoms with Crippen molar-refractivity contribution in [2.45, 2.75) is 6.54 Å². The molecule has 4 aromatic rings. The Bertz CT molecular complexity index is 1050. The number of nitrogens with one attached hydrogen (secondary N) is 2. The average Bonchev–Trinajstić information content (AvgIpc) is 2.92. The zero-order valence-corrected chi connectivity index (χ0v) is 14.9. The summed E-state index contributed by atoms with van der Waals surface area (Å²) in [5, 5.41) is 10.5. The first-order valence-electron chi connectivity index (χ1n) is 8.66. The number of fused-ring (bicyclic) bond motifs is 2. The Kier molecular flexibility index (Phi) is 3.94. The van der Waals surface area contributed by atoms with Gasteiger partial charge in [0.25, 0.3) is 0 Å². The second-order valence-corrected chi connectivity index (χ2v) is 6.42. The fourth-order valence-corrected chi connectivity index (χ4v) is 3.79. The number of aromatic nitrogens is 1. The number of rotatable bonds is 4. The molecule has 0 unspecified atom stereocenters. The van der Waals surface area contributed by atoms with E-state index in [4.69, 9.17) is 0 Å². The molecule has 0 atom stereocenters. The van der Waals surface area contributed by atoms with Crippen molar-refractivity contribution in [1.82, 2.24) is 9.88 Å². The van der Waals surface area contributed by atoms with E-state index >= 15 is 0 Å². The third-order valence-electron chi connectivity index (χ3n) is 5.02. The highest BCUT2D eigenvalue weighted by Crippen LogP contribution is 2.35. The monoisotopic (exact) mass is 329 g/mol. The molecule has 126 valence electrons. The van der Waals surface area contributed by atoms with Gasteiger partial charge in [-0.15, -0.1) is 0 Å². The summed E-state index contributed by atoms with van der Waals surface area (Å²) in [4.78, 5) is 0. The van der Waals surface area contributed by atoms with E-state index in [9.17, 15) is 0 Å². The van der Waals surface area contributed by atoms with Crippen molar-refractivity contribution in [1.29, 1.82) is 0 Å². The van der Waals surface area contributed by atoms with Crippen LogP contribution in [0.15, 0.2) is 60.7 Å². The first-order valence-corrected chi connectivity index (χ1v) is 8.66. The van der Waals surface area contributed by atoms with E-state index in [-0.39, 0.29) is 0 Å². The van der Waals surface area contributed by atoms with Gasteiger partial charge in [0, 0.05) is 26.0 Å². The standard InChI is InChI=1S/C22H23N3/c1-23-14-21-22(24-2)19-12-11-16(13-20(19)25(21)3)18-10-6-8-15-7-4-5-9-17(15)18/h4-13,23-24H,14H2,1-3H3. The second kappa shape index (κ2) is 6.26. The van der Waals surface area contributed by atoms with Crippen molar-refractivity contribution in [3.8, 4) is 11.1 Å². The molecular weight excluding hydrogens is 306 g/mol. The summed E-state index contributed by atoms with van der Waals surface area (Å²) in [7, 11) is 6.12.